The van der Waals surface area contributed by atoms with Gasteiger partial charge in [0.2, 0.25) is 0 Å². The third kappa shape index (κ3) is 8.13. The van der Waals surface area contributed by atoms with Gasteiger partial charge in [-0.2, -0.15) is 11.8 Å². The number of carboxylic acid groups (broad SMARTS) is 1. The lowest BCUT2D eigenvalue weighted by molar-refractivity contribution is -0.138. The fourth-order valence-electron chi connectivity index (χ4n) is 5.26. The first kappa shape index (κ1) is 30.6. The largest absolute Gasteiger partial charge is 0.481 e. The minimum Gasteiger partial charge on any atom is -0.481 e. The van der Waals surface area contributed by atoms with Crippen molar-refractivity contribution in [3.05, 3.63) is 110 Å². The Bertz CT molecular complexity index is 1550. The Morgan fingerprint density at radius 3 is 2.57 bits per heavy atom. The summed E-state index contributed by atoms with van der Waals surface area (Å²) in [6.07, 6.45) is 8.08. The molecule has 3 aromatic carbocycles. The third-order valence-electron chi connectivity index (χ3n) is 7.79. The minimum atomic E-state index is -0.910. The highest BCUT2D eigenvalue weighted by Crippen LogP contribution is 2.53. The predicted octanol–water partition coefficient (Wildman–Crippen LogP) is 9.52. The molecular weight excluding hydrogens is 582 g/mol. The molecule has 4 nitrogen and oxygen atoms in total. The molecule has 2 N–H and O–H groups in total. The molecule has 0 radical (unpaired) electrons. The number of carboxylic acids is 1. The van der Waals surface area contributed by atoms with Crippen molar-refractivity contribution in [3.8, 4) is 11.3 Å². The molecule has 0 aliphatic heterocycles. The lowest BCUT2D eigenvalue weighted by atomic mass is 9.90. The van der Waals surface area contributed by atoms with Gasteiger partial charge >= 0.3 is 5.97 Å². The number of aliphatic carboxylic acids is 1. The average molecular weight is 618 g/mol. The van der Waals surface area contributed by atoms with Crippen molar-refractivity contribution in [2.24, 2.45) is 5.41 Å². The summed E-state index contributed by atoms with van der Waals surface area (Å²) in [4.78, 5) is 16.3. The molecule has 1 fully saturated rings. The number of aliphatic hydroxyl groups is 1. The molecule has 7 heteroatoms. The van der Waals surface area contributed by atoms with Crippen LogP contribution in [0.5, 0.6) is 0 Å². The van der Waals surface area contributed by atoms with E-state index in [2.05, 4.69) is 47.9 Å². The number of aromatic nitrogens is 1. The lowest BCUT2D eigenvalue weighted by Gasteiger charge is -2.24. The third-order valence-corrected chi connectivity index (χ3v) is 10.5. The Morgan fingerprint density at radius 1 is 1.10 bits per heavy atom. The molecule has 0 unspecified atom stereocenters. The van der Waals surface area contributed by atoms with Crippen LogP contribution in [0.4, 0.5) is 0 Å². The van der Waals surface area contributed by atoms with Gasteiger partial charge in [-0.15, -0.1) is 11.3 Å². The van der Waals surface area contributed by atoms with Gasteiger partial charge in [0.05, 0.1) is 17.7 Å². The highest BCUT2D eigenvalue weighted by Gasteiger charge is 2.44. The van der Waals surface area contributed by atoms with Crippen LogP contribution in [-0.4, -0.2) is 26.9 Å². The Labute approximate surface area is 261 Å². The Kier molecular flexibility index (Phi) is 9.58. The van der Waals surface area contributed by atoms with Crippen molar-refractivity contribution in [2.75, 3.05) is 5.75 Å². The van der Waals surface area contributed by atoms with Crippen molar-refractivity contribution < 1.29 is 15.0 Å². The molecular formula is C35H36ClNO3S2. The summed E-state index contributed by atoms with van der Waals surface area (Å²) in [6, 6.07) is 24.4. The van der Waals surface area contributed by atoms with E-state index >= 15 is 0 Å². The van der Waals surface area contributed by atoms with Gasteiger partial charge in [0.1, 0.15) is 5.01 Å². The zero-order valence-corrected chi connectivity index (χ0v) is 26.3. The molecule has 1 heterocycles. The van der Waals surface area contributed by atoms with E-state index in [1.54, 1.807) is 11.3 Å². The fraction of sp³-hybridized carbons (Fsp3) is 0.314. The summed E-state index contributed by atoms with van der Waals surface area (Å²) in [6.45, 7) is 3.66. The number of carbonyl (C=O) groups is 1. The topological polar surface area (TPSA) is 70.4 Å². The maximum atomic E-state index is 11.5. The molecule has 4 aromatic rings. The number of hydrogen-bond donors (Lipinski definition) is 2. The number of thioether (sulfide) groups is 1. The maximum Gasteiger partial charge on any atom is 0.303 e. The number of aryl methyl sites for hydroxylation is 1. The van der Waals surface area contributed by atoms with Crippen LogP contribution >= 0.6 is 34.7 Å². The normalized spacial score (nSPS) is 15.1. The average Bonchev–Trinajstić information content (AvgIpc) is 3.54. The first-order valence-electron chi connectivity index (χ1n) is 14.2. The Balaban J connectivity index is 1.34. The number of halogens is 1. The smallest absolute Gasteiger partial charge is 0.303 e. The van der Waals surface area contributed by atoms with Crippen molar-refractivity contribution in [1.82, 2.24) is 4.98 Å². The van der Waals surface area contributed by atoms with Gasteiger partial charge in [0.25, 0.3) is 0 Å². The summed E-state index contributed by atoms with van der Waals surface area (Å²) in [5.74, 6) is 0.126. The van der Waals surface area contributed by atoms with Crippen LogP contribution in [-0.2, 0) is 16.8 Å². The molecule has 0 saturated heterocycles. The number of hydrogen-bond acceptors (Lipinski definition) is 5. The van der Waals surface area contributed by atoms with E-state index in [-0.39, 0.29) is 17.1 Å². The molecule has 42 heavy (non-hydrogen) atoms. The summed E-state index contributed by atoms with van der Waals surface area (Å²) < 4.78 is 0. The van der Waals surface area contributed by atoms with Gasteiger partial charge in [-0.3, -0.25) is 4.79 Å². The molecule has 0 amide bonds. The van der Waals surface area contributed by atoms with Gasteiger partial charge in [-0.1, -0.05) is 78.3 Å². The number of nitrogens with zero attached hydrogens (tertiary/aromatic N) is 1. The lowest BCUT2D eigenvalue weighted by Crippen LogP contribution is -2.18. The highest BCUT2D eigenvalue weighted by atomic mass is 35.5. The van der Waals surface area contributed by atoms with Crippen LogP contribution in [0.2, 0.25) is 5.02 Å². The molecule has 1 aliphatic carbocycles. The monoisotopic (exact) mass is 617 g/mol. The molecule has 1 atom stereocenters. The first-order valence-corrected chi connectivity index (χ1v) is 16.5. The van der Waals surface area contributed by atoms with Gasteiger partial charge < -0.3 is 10.2 Å². The standard InChI is InChI=1S/C35H36ClNO3S2/c1-34(2,40)29-9-4-3-7-25(29)13-16-31(42-23-35(18-19-35)21-33(38)39)27-8-5-6-24(20-27)10-17-32-37-30(22-41-32)26-11-14-28(36)15-12-26/h3-12,14-15,17,20,22,31,40H,13,16,18-19,21,23H2,1-2H3,(H,38,39)/b17-10+/t31-/m1/s1. The predicted molar refractivity (Wildman–Crippen MR) is 177 cm³/mol. The molecule has 218 valence electrons. The SMILES string of the molecule is CC(C)(O)c1ccccc1CC[C@@H](SCC1(CC(=O)O)CC1)c1cccc(/C=C/c2nc(-c3ccc(Cl)cc3)cs2)c1. The second-order valence-electron chi connectivity index (χ2n) is 11.7. The molecule has 1 aromatic heterocycles. The highest BCUT2D eigenvalue weighted by molar-refractivity contribution is 7.99. The molecule has 1 saturated carbocycles. The van der Waals surface area contributed by atoms with Gasteiger partial charge in [-0.05, 0) is 85.4 Å². The Morgan fingerprint density at radius 2 is 1.86 bits per heavy atom. The van der Waals surface area contributed by atoms with E-state index in [0.717, 1.165) is 64.4 Å². The van der Waals surface area contributed by atoms with Crippen molar-refractivity contribution in [3.63, 3.8) is 0 Å². The maximum absolute atomic E-state index is 11.5. The summed E-state index contributed by atoms with van der Waals surface area (Å²) in [7, 11) is 0. The summed E-state index contributed by atoms with van der Waals surface area (Å²) in [5, 5.41) is 24.1. The number of rotatable bonds is 13. The van der Waals surface area contributed by atoms with Crippen molar-refractivity contribution in [1.29, 1.82) is 0 Å². The first-order chi connectivity index (χ1) is 20.1. The van der Waals surface area contributed by atoms with Crippen LogP contribution in [0, 0.1) is 5.41 Å². The van der Waals surface area contributed by atoms with E-state index < -0.39 is 11.6 Å². The van der Waals surface area contributed by atoms with Gasteiger partial charge in [0, 0.05) is 27.0 Å². The van der Waals surface area contributed by atoms with Crippen LogP contribution < -0.4 is 0 Å². The second kappa shape index (κ2) is 13.2. The van der Waals surface area contributed by atoms with E-state index in [0.29, 0.717) is 5.02 Å². The molecule has 0 spiro atoms. The fourth-order valence-corrected chi connectivity index (χ4v) is 7.68. The van der Waals surface area contributed by atoms with Crippen LogP contribution in [0.15, 0.2) is 78.2 Å². The van der Waals surface area contributed by atoms with Gasteiger partial charge in [-0.25, -0.2) is 4.98 Å². The van der Waals surface area contributed by atoms with E-state index in [4.69, 9.17) is 16.6 Å². The van der Waals surface area contributed by atoms with Crippen LogP contribution in [0.3, 0.4) is 0 Å². The number of thiazole rings is 1. The van der Waals surface area contributed by atoms with Crippen molar-refractivity contribution >= 4 is 52.8 Å². The van der Waals surface area contributed by atoms with Gasteiger partial charge in [0.15, 0.2) is 0 Å². The Hall–Kier alpha value is -2.90. The zero-order chi connectivity index (χ0) is 29.7. The van der Waals surface area contributed by atoms with Crippen LogP contribution in [0.1, 0.15) is 72.0 Å². The van der Waals surface area contributed by atoms with Crippen molar-refractivity contribution in [2.45, 2.75) is 56.8 Å². The number of benzene rings is 3. The van der Waals surface area contributed by atoms with E-state index in [9.17, 15) is 15.0 Å². The molecule has 0 bridgehead atoms. The summed E-state index contributed by atoms with van der Waals surface area (Å²) in [5.41, 5.74) is 5.43. The van der Waals surface area contributed by atoms with E-state index in [1.807, 2.05) is 68.1 Å². The second-order valence-corrected chi connectivity index (χ2v) is 14.2. The summed E-state index contributed by atoms with van der Waals surface area (Å²) >= 11 is 9.51. The zero-order valence-electron chi connectivity index (χ0n) is 23.9. The molecule has 1 aliphatic rings. The van der Waals surface area contributed by atoms with Crippen LogP contribution in [0.25, 0.3) is 23.4 Å². The van der Waals surface area contributed by atoms with E-state index in [1.165, 1.54) is 5.56 Å². The molecule has 5 rings (SSSR count). The quantitative estimate of drug-likeness (QED) is 0.156. The minimum absolute atomic E-state index is 0.0795.